The van der Waals surface area contributed by atoms with Gasteiger partial charge in [-0.3, -0.25) is 0 Å². The van der Waals surface area contributed by atoms with E-state index < -0.39 is 0 Å². The summed E-state index contributed by atoms with van der Waals surface area (Å²) in [4.78, 5) is 0. The van der Waals surface area contributed by atoms with Crippen LogP contribution in [0.4, 0.5) is 0 Å². The van der Waals surface area contributed by atoms with Gasteiger partial charge in [0.2, 0.25) is 0 Å². The fourth-order valence-corrected chi connectivity index (χ4v) is 2.06. The van der Waals surface area contributed by atoms with Crippen molar-refractivity contribution in [3.8, 4) is 0 Å². The van der Waals surface area contributed by atoms with Crippen LogP contribution in [0.15, 0.2) is 43.5 Å². The zero-order valence-electron chi connectivity index (χ0n) is 15.8. The van der Waals surface area contributed by atoms with Crippen molar-refractivity contribution in [2.24, 2.45) is 5.92 Å². The molecular weight excluding hydrogens is 278 g/mol. The van der Waals surface area contributed by atoms with Crippen molar-refractivity contribution in [3.63, 3.8) is 0 Å². The van der Waals surface area contributed by atoms with E-state index >= 15 is 0 Å². The highest BCUT2D eigenvalue weighted by atomic mass is 14.4. The molecule has 0 aliphatic rings. The van der Waals surface area contributed by atoms with Crippen LogP contribution in [0.1, 0.15) is 64.2 Å². The smallest absolute Gasteiger partial charge is 0.00864 e. The fraction of sp³-hybridized carbons (Fsp3) is 0.409. The predicted molar refractivity (Wildman–Crippen MR) is 107 cm³/mol. The van der Waals surface area contributed by atoms with Crippen molar-refractivity contribution in [1.29, 1.82) is 5.41 Å². The maximum Gasteiger partial charge on any atom is 0.00864 e. The first-order valence-corrected chi connectivity index (χ1v) is 8.18. The molecule has 0 amide bonds. The average Bonchev–Trinajstić information content (AvgIpc) is 2.44. The Morgan fingerprint density at radius 3 is 1.91 bits per heavy atom. The van der Waals surface area contributed by atoms with Gasteiger partial charge in [-0.15, -0.1) is 6.58 Å². The van der Waals surface area contributed by atoms with E-state index in [2.05, 4.69) is 51.8 Å². The Hall–Kier alpha value is -1.89. The highest BCUT2D eigenvalue weighted by Gasteiger charge is 2.03. The first kappa shape index (κ1) is 21.1. The van der Waals surface area contributed by atoms with Crippen molar-refractivity contribution in [2.45, 2.75) is 54.4 Å². The fourth-order valence-electron chi connectivity index (χ4n) is 2.06. The van der Waals surface area contributed by atoms with Crippen LogP contribution in [0.25, 0.3) is 11.1 Å². The van der Waals surface area contributed by atoms with Crippen LogP contribution in [-0.2, 0) is 0 Å². The van der Waals surface area contributed by atoms with Crippen LogP contribution < -0.4 is 0 Å². The van der Waals surface area contributed by atoms with E-state index in [1.54, 1.807) is 0 Å². The molecule has 0 heterocycles. The summed E-state index contributed by atoms with van der Waals surface area (Å²) in [5.41, 5.74) is 7.88. The third kappa shape index (κ3) is 8.35. The molecule has 0 radical (unpaired) electrons. The SMILES string of the molecule is C=C(C)CCC(C)C(C)=N.C=C(C)c1ccc(C)cc1C(=C)C. The lowest BCUT2D eigenvalue weighted by Gasteiger charge is -2.09. The minimum atomic E-state index is 0.427. The standard InChI is InChI=1S/C13H16.C9H17N/c1-9(2)12-7-6-11(5)8-13(12)10(3)4;1-7(2)5-6-8(3)9(4)10/h6-8H,1,3H2,2,4-5H3;8,10H,1,5-6H2,2-4H3. The zero-order valence-corrected chi connectivity index (χ0v) is 15.8. The third-order valence-electron chi connectivity index (χ3n) is 3.84. The summed E-state index contributed by atoms with van der Waals surface area (Å²) in [6, 6.07) is 6.38. The van der Waals surface area contributed by atoms with Crippen LogP contribution in [-0.4, -0.2) is 5.71 Å². The van der Waals surface area contributed by atoms with Crippen LogP contribution in [0, 0.1) is 18.3 Å². The Kier molecular flexibility index (Phi) is 9.17. The molecule has 23 heavy (non-hydrogen) atoms. The molecule has 1 aromatic carbocycles. The monoisotopic (exact) mass is 311 g/mol. The third-order valence-corrected chi connectivity index (χ3v) is 3.84. The van der Waals surface area contributed by atoms with Gasteiger partial charge in [0, 0.05) is 5.71 Å². The summed E-state index contributed by atoms with van der Waals surface area (Å²) in [6.45, 7) is 23.9. The first-order valence-electron chi connectivity index (χ1n) is 8.18. The van der Waals surface area contributed by atoms with Gasteiger partial charge < -0.3 is 5.41 Å². The Morgan fingerprint density at radius 2 is 1.52 bits per heavy atom. The second-order valence-electron chi connectivity index (χ2n) is 6.69. The number of rotatable bonds is 6. The van der Waals surface area contributed by atoms with E-state index in [0.717, 1.165) is 29.7 Å². The van der Waals surface area contributed by atoms with Gasteiger partial charge in [0.25, 0.3) is 0 Å². The van der Waals surface area contributed by atoms with Gasteiger partial charge in [-0.05, 0) is 64.5 Å². The molecule has 0 aromatic heterocycles. The summed E-state index contributed by atoms with van der Waals surface area (Å²) < 4.78 is 0. The Bertz CT molecular complexity index is 590. The van der Waals surface area contributed by atoms with E-state index in [0.29, 0.717) is 5.92 Å². The summed E-state index contributed by atoms with van der Waals surface area (Å²) in [5, 5.41) is 7.31. The van der Waals surface area contributed by atoms with E-state index in [1.165, 1.54) is 22.3 Å². The zero-order chi connectivity index (χ0) is 18.2. The Labute approximate surface area is 143 Å². The molecule has 1 unspecified atom stereocenters. The number of allylic oxidation sites excluding steroid dienone is 3. The Morgan fingerprint density at radius 1 is 1.00 bits per heavy atom. The van der Waals surface area contributed by atoms with Gasteiger partial charge in [-0.2, -0.15) is 0 Å². The second kappa shape index (κ2) is 9.99. The predicted octanol–water partition coefficient (Wildman–Crippen LogP) is 7.08. The second-order valence-corrected chi connectivity index (χ2v) is 6.69. The maximum atomic E-state index is 7.31. The van der Waals surface area contributed by atoms with Gasteiger partial charge in [0.05, 0.1) is 0 Å². The van der Waals surface area contributed by atoms with E-state index in [1.807, 2.05) is 27.7 Å². The van der Waals surface area contributed by atoms with Crippen molar-refractivity contribution in [2.75, 3.05) is 0 Å². The molecule has 1 heteroatoms. The van der Waals surface area contributed by atoms with E-state index in [-0.39, 0.29) is 0 Å². The molecule has 1 aromatic rings. The molecule has 0 fully saturated rings. The van der Waals surface area contributed by atoms with Crippen LogP contribution in [0.2, 0.25) is 0 Å². The Balaban J connectivity index is 0.000000438. The average molecular weight is 312 g/mol. The normalized spacial score (nSPS) is 11.0. The minimum absolute atomic E-state index is 0.427. The highest BCUT2D eigenvalue weighted by molar-refractivity contribution is 5.80. The molecule has 126 valence electrons. The van der Waals surface area contributed by atoms with Crippen LogP contribution in [0.5, 0.6) is 0 Å². The van der Waals surface area contributed by atoms with E-state index in [4.69, 9.17) is 5.41 Å². The molecule has 0 saturated carbocycles. The molecule has 0 spiro atoms. The summed E-state index contributed by atoms with van der Waals surface area (Å²) in [7, 11) is 0. The van der Waals surface area contributed by atoms with Gasteiger partial charge in [-0.1, -0.05) is 60.6 Å². The first-order chi connectivity index (χ1) is 10.6. The quantitative estimate of drug-likeness (QED) is 0.428. The summed E-state index contributed by atoms with van der Waals surface area (Å²) in [6.07, 6.45) is 2.13. The minimum Gasteiger partial charge on any atom is -0.310 e. The van der Waals surface area contributed by atoms with Gasteiger partial charge >= 0.3 is 0 Å². The van der Waals surface area contributed by atoms with Crippen LogP contribution >= 0.6 is 0 Å². The number of nitrogens with one attached hydrogen (secondary N) is 1. The van der Waals surface area contributed by atoms with E-state index in [9.17, 15) is 0 Å². The molecule has 1 rings (SSSR count). The van der Waals surface area contributed by atoms with Gasteiger partial charge in [0.15, 0.2) is 0 Å². The molecule has 0 bridgehead atoms. The summed E-state index contributed by atoms with van der Waals surface area (Å²) >= 11 is 0. The maximum absolute atomic E-state index is 7.31. The van der Waals surface area contributed by atoms with Gasteiger partial charge in [-0.25, -0.2) is 0 Å². The van der Waals surface area contributed by atoms with Crippen molar-refractivity contribution >= 4 is 16.9 Å². The lowest BCUT2D eigenvalue weighted by Crippen LogP contribution is -2.04. The lowest BCUT2D eigenvalue weighted by atomic mass is 9.96. The molecule has 0 aliphatic heterocycles. The van der Waals surface area contributed by atoms with Crippen molar-refractivity contribution < 1.29 is 0 Å². The largest absolute Gasteiger partial charge is 0.310 e. The summed E-state index contributed by atoms with van der Waals surface area (Å²) in [5.74, 6) is 0.427. The van der Waals surface area contributed by atoms with Crippen LogP contribution in [0.3, 0.4) is 0 Å². The topological polar surface area (TPSA) is 23.9 Å². The number of benzene rings is 1. The molecule has 0 saturated heterocycles. The molecule has 1 N–H and O–H groups in total. The van der Waals surface area contributed by atoms with Crippen molar-refractivity contribution in [3.05, 3.63) is 60.2 Å². The van der Waals surface area contributed by atoms with Crippen molar-refractivity contribution in [1.82, 2.24) is 0 Å². The number of hydrogen-bond donors (Lipinski definition) is 1. The molecule has 0 aliphatic carbocycles. The highest BCUT2D eigenvalue weighted by Crippen LogP contribution is 2.24. The van der Waals surface area contributed by atoms with Gasteiger partial charge in [0.1, 0.15) is 0 Å². The molecule has 1 atom stereocenters. The number of hydrogen-bond acceptors (Lipinski definition) is 1. The molecular formula is C22H33N. The lowest BCUT2D eigenvalue weighted by molar-refractivity contribution is 0.673. The molecule has 1 nitrogen and oxygen atoms in total. The number of aryl methyl sites for hydroxylation is 1.